The second-order valence-corrected chi connectivity index (χ2v) is 26.7. The van der Waals surface area contributed by atoms with E-state index >= 15 is 4.79 Å². The maximum Gasteiger partial charge on any atom is 0.303 e. The van der Waals surface area contributed by atoms with Gasteiger partial charge in [-0.2, -0.15) is 11.8 Å². The molecule has 0 radical (unpaired) electrons. The number of benzene rings is 2. The van der Waals surface area contributed by atoms with Crippen LogP contribution in [-0.2, 0) is 92.8 Å². The Bertz CT molecular complexity index is 3050. The number of nitrogens with zero attached hydrogens (tertiary/aromatic N) is 4. The summed E-state index contributed by atoms with van der Waals surface area (Å²) < 4.78 is 18.4. The zero-order valence-electron chi connectivity index (χ0n) is 55.1. The first-order valence-electron chi connectivity index (χ1n) is 33.8. The summed E-state index contributed by atoms with van der Waals surface area (Å²) in [5, 5.41) is 41.2. The molecule has 29 heteroatoms. The molecule has 3 aromatic rings. The van der Waals surface area contributed by atoms with E-state index in [-0.39, 0.29) is 114 Å². The first-order chi connectivity index (χ1) is 46.3. The normalized spacial score (nSPS) is 24.5. The number of amides is 10. The molecule has 28 nitrogen and oxygen atoms in total. The van der Waals surface area contributed by atoms with Crippen molar-refractivity contribution < 1.29 is 72.1 Å². The molecule has 10 amide bonds. The number of hydrogen-bond acceptors (Lipinski definition) is 17. The Labute approximate surface area is 564 Å². The number of carboxylic acid groups (broad SMARTS) is 1. The van der Waals surface area contributed by atoms with Crippen LogP contribution >= 0.6 is 11.8 Å². The maximum atomic E-state index is 15.0. The molecule has 10 atom stereocenters. The minimum atomic E-state index is -1.49. The number of carbonyl (C=O) groups is 11. The lowest BCUT2D eigenvalue weighted by molar-refractivity contribution is -0.142. The summed E-state index contributed by atoms with van der Waals surface area (Å²) in [7, 11) is 0. The first-order valence-corrected chi connectivity index (χ1v) is 34.9. The van der Waals surface area contributed by atoms with Crippen molar-refractivity contribution in [3.05, 3.63) is 83.7 Å². The fourth-order valence-electron chi connectivity index (χ4n) is 12.4. The van der Waals surface area contributed by atoms with E-state index in [4.69, 9.17) is 19.9 Å². The lowest BCUT2D eigenvalue weighted by Gasteiger charge is -2.31. The second-order valence-electron chi connectivity index (χ2n) is 25.5. The molecule has 526 valence electrons. The van der Waals surface area contributed by atoms with Crippen LogP contribution in [0.15, 0.2) is 66.9 Å². The third-order valence-electron chi connectivity index (χ3n) is 17.4. The van der Waals surface area contributed by atoms with E-state index in [1.807, 2.05) is 25.6 Å². The van der Waals surface area contributed by atoms with Crippen LogP contribution in [0.4, 0.5) is 0 Å². The van der Waals surface area contributed by atoms with Gasteiger partial charge in [0.2, 0.25) is 59.1 Å². The number of fused-ring (bicyclic) bond motifs is 4. The van der Waals surface area contributed by atoms with Crippen LogP contribution in [0.5, 0.6) is 0 Å². The van der Waals surface area contributed by atoms with Gasteiger partial charge in [0.25, 0.3) is 0 Å². The molecule has 2 aromatic carbocycles. The number of carboxylic acids is 1. The van der Waals surface area contributed by atoms with Gasteiger partial charge < -0.3 is 72.5 Å². The smallest absolute Gasteiger partial charge is 0.303 e. The van der Waals surface area contributed by atoms with Gasteiger partial charge >= 0.3 is 5.97 Å². The van der Waals surface area contributed by atoms with Gasteiger partial charge in [-0.25, -0.2) is 0 Å². The Morgan fingerprint density at radius 1 is 0.667 bits per heavy atom. The average molecular weight is 1360 g/mol. The molecule has 5 heterocycles. The van der Waals surface area contributed by atoms with Crippen LogP contribution in [0.25, 0.3) is 0 Å². The average Bonchev–Trinajstić information content (AvgIpc) is 2.10. The van der Waals surface area contributed by atoms with Crippen molar-refractivity contribution in [2.75, 3.05) is 58.5 Å². The zero-order valence-corrected chi connectivity index (χ0v) is 56.0. The summed E-state index contributed by atoms with van der Waals surface area (Å²) in [4.78, 5) is 152. The van der Waals surface area contributed by atoms with Crippen LogP contribution in [0.1, 0.15) is 133 Å². The largest absolute Gasteiger partial charge is 0.481 e. The Hall–Kier alpha value is -8.02. The Balaban J connectivity index is 0.980. The number of hydrogen-bond donors (Lipinski definition) is 10. The maximum absolute atomic E-state index is 15.0. The molecule has 4 aliphatic rings. The number of unbranched alkanes of at least 4 members (excludes halogenated alkanes) is 1. The number of thioether (sulfide) groups is 1. The summed E-state index contributed by atoms with van der Waals surface area (Å²) in [5.74, 6) is -5.91. The van der Waals surface area contributed by atoms with E-state index < -0.39 is 109 Å². The Morgan fingerprint density at radius 3 is 2.02 bits per heavy atom. The predicted molar refractivity (Wildman–Crippen MR) is 354 cm³/mol. The Kier molecular flexibility index (Phi) is 31.3. The van der Waals surface area contributed by atoms with Gasteiger partial charge in [-0.3, -0.25) is 57.4 Å². The number of aromatic nitrogens is 3. The lowest BCUT2D eigenvalue weighted by Crippen LogP contribution is -2.60. The Morgan fingerprint density at radius 2 is 1.31 bits per heavy atom. The minimum Gasteiger partial charge on any atom is -0.481 e. The predicted octanol–water partition coefficient (Wildman–Crippen LogP) is 1.30. The van der Waals surface area contributed by atoms with E-state index in [9.17, 15) is 53.1 Å². The van der Waals surface area contributed by atoms with Gasteiger partial charge in [-0.05, 0) is 93.6 Å². The van der Waals surface area contributed by atoms with Crippen molar-refractivity contribution in [2.45, 2.75) is 196 Å². The van der Waals surface area contributed by atoms with Crippen LogP contribution in [0.2, 0.25) is 0 Å². The van der Waals surface area contributed by atoms with Crippen molar-refractivity contribution in [1.29, 1.82) is 0 Å². The van der Waals surface area contributed by atoms with Gasteiger partial charge in [0.1, 0.15) is 48.9 Å². The van der Waals surface area contributed by atoms with Crippen molar-refractivity contribution in [2.24, 2.45) is 17.6 Å². The molecule has 4 aliphatic heterocycles. The number of ether oxygens (including phenoxy) is 3. The van der Waals surface area contributed by atoms with E-state index in [0.717, 1.165) is 44.3 Å². The highest BCUT2D eigenvalue weighted by Gasteiger charge is 2.42. The summed E-state index contributed by atoms with van der Waals surface area (Å²) in [6.45, 7) is 4.83. The van der Waals surface area contributed by atoms with Crippen LogP contribution in [0, 0.1) is 11.8 Å². The molecule has 3 saturated heterocycles. The van der Waals surface area contributed by atoms with E-state index in [2.05, 4.69) is 52.8 Å². The van der Waals surface area contributed by atoms with Gasteiger partial charge in [0, 0.05) is 81.4 Å². The fraction of sp³-hybridized carbons (Fsp3) is 0.627. The molecule has 96 heavy (non-hydrogen) atoms. The highest BCUT2D eigenvalue weighted by molar-refractivity contribution is 8.00. The number of nitrogens with two attached hydrogens (primary N) is 1. The van der Waals surface area contributed by atoms with Gasteiger partial charge in [-0.1, -0.05) is 92.6 Å². The van der Waals surface area contributed by atoms with Crippen molar-refractivity contribution in [1.82, 2.24) is 62.4 Å². The molecular weight excluding hydrogens is 1260 g/mol. The van der Waals surface area contributed by atoms with Crippen molar-refractivity contribution in [3.63, 3.8) is 0 Å². The molecule has 3 fully saturated rings. The molecule has 0 saturated carbocycles. The van der Waals surface area contributed by atoms with E-state index in [0.29, 0.717) is 67.6 Å². The number of primary amides is 1. The summed E-state index contributed by atoms with van der Waals surface area (Å²) in [6, 6.07) is 8.79. The quantitative estimate of drug-likeness (QED) is 0.0481. The topological polar surface area (TPSA) is 392 Å². The van der Waals surface area contributed by atoms with E-state index in [1.165, 1.54) is 9.58 Å². The molecule has 1 aromatic heterocycles. The number of rotatable bonds is 27. The van der Waals surface area contributed by atoms with E-state index in [1.54, 1.807) is 66.9 Å². The SMILES string of the molecule is CC(C)C[C@@H]1NC(=O)[C@@H](NC(=O)COCCOCCOCCNC(=O)CCCCC2SC[C@H]3NC(=O)CCCC[C@@H]23)Cc2cn(nn2)CCCC[C@@H](C(N)=O)NC(=O)C(CCC(=O)O)NC(=O)[C@H](Cc2ccccc2)NC(=O)[C@@H]2CCCN2C(=O)[C@H](Cc2ccccc2)NC1=O. The molecule has 2 bridgehead atoms. The summed E-state index contributed by atoms with van der Waals surface area (Å²) in [6.07, 6.45) is 8.72. The monoisotopic (exact) mass is 1360 g/mol. The summed E-state index contributed by atoms with van der Waals surface area (Å²) >= 11 is 1.94. The minimum absolute atomic E-state index is 0.0137. The third-order valence-corrected chi connectivity index (χ3v) is 19.0. The third kappa shape index (κ3) is 25.5. The molecule has 7 rings (SSSR count). The second kappa shape index (κ2) is 39.9. The van der Waals surface area contributed by atoms with Crippen LogP contribution in [0.3, 0.4) is 0 Å². The molecular formula is C67H97N13O15S. The van der Waals surface area contributed by atoms with Crippen molar-refractivity contribution in [3.8, 4) is 0 Å². The lowest BCUT2D eigenvalue weighted by atomic mass is 9.87. The van der Waals surface area contributed by atoms with Crippen LogP contribution < -0.4 is 48.3 Å². The number of aliphatic carboxylic acids is 1. The number of nitrogens with one attached hydrogen (secondary N) is 8. The fourth-order valence-corrected chi connectivity index (χ4v) is 14.1. The van der Waals surface area contributed by atoms with Gasteiger partial charge in [0.05, 0.1) is 38.7 Å². The highest BCUT2D eigenvalue weighted by Crippen LogP contribution is 2.40. The number of aryl methyl sites for hydroxylation is 1. The highest BCUT2D eigenvalue weighted by atomic mass is 32.2. The zero-order chi connectivity index (χ0) is 68.8. The molecule has 2 unspecified atom stereocenters. The van der Waals surface area contributed by atoms with Gasteiger partial charge in [-0.15, -0.1) is 5.10 Å². The summed E-state index contributed by atoms with van der Waals surface area (Å²) in [5.41, 5.74) is 7.35. The molecule has 0 aliphatic carbocycles. The molecule has 0 spiro atoms. The number of carbonyl (C=O) groups excluding carboxylic acids is 10. The molecule has 11 N–H and O–H groups in total. The van der Waals surface area contributed by atoms with Crippen molar-refractivity contribution >= 4 is 76.8 Å². The van der Waals surface area contributed by atoms with Crippen LogP contribution in [-0.4, -0.2) is 202 Å². The first kappa shape index (κ1) is 75.4. The van der Waals surface area contributed by atoms with Gasteiger partial charge in [0.15, 0.2) is 0 Å². The standard InChI is InChI=1S/C67H97N13O15S/c1-43(2)36-50-63(88)76-53(38-45-18-7-4-8-19-45)67(92)80-30-15-22-55(80)66(91)75-51(37-44-16-5-3-6-17-44)64(89)73-49(26-27-60(84)85)62(87)72-48(61(68)86)21-13-14-29-79-40-46(77-78-79)39-52(65(90)74-50)70-59(83)41-95-35-34-94-33-32-93-31-28-69-57(81)24-12-10-23-56-47-20-9-11-25-58(82)71-54(47)42-96-56/h3-8,16-19,40,43,47-56H,9-15,20-39,41-42H2,1-2H3,(H2,68,86)(H,69,81)(H,70,83)(H,71,82)(H,72,87)(H,73,89)(H,74,90)(H,75,91)(H,76,88)(H,84,85)/t47-,48+,49?,50+,51+,52+,53+,54-,55+,56?/m1/s1.